The zero-order valence-corrected chi connectivity index (χ0v) is 18.2. The summed E-state index contributed by atoms with van der Waals surface area (Å²) in [6.45, 7) is 1.80. The van der Waals surface area contributed by atoms with E-state index in [2.05, 4.69) is 14.6 Å². The molecule has 1 saturated heterocycles. The van der Waals surface area contributed by atoms with Crippen molar-refractivity contribution in [1.82, 2.24) is 24.5 Å². The lowest BCUT2D eigenvalue weighted by atomic mass is 9.97. The van der Waals surface area contributed by atoms with E-state index in [1.165, 1.54) is 66.1 Å². The van der Waals surface area contributed by atoms with Crippen LogP contribution in [0.4, 0.5) is 0 Å². The molecule has 2 fully saturated rings. The Morgan fingerprint density at radius 3 is 2.72 bits per heavy atom. The Bertz CT molecular complexity index is 1090. The first-order valence-electron chi connectivity index (χ1n) is 10.9. The highest BCUT2D eigenvalue weighted by Crippen LogP contribution is 2.44. The number of carbonyl (C=O) groups is 1. The van der Waals surface area contributed by atoms with Crippen LogP contribution in [0.5, 0.6) is 0 Å². The van der Waals surface area contributed by atoms with E-state index in [0.29, 0.717) is 11.7 Å². The molecule has 3 aromatic rings. The SMILES string of the molecule is O=C(CSc1nnc2c3c4c(sc3nc(C3CC3)n12)CCCC4)N1CCCCC1. The molecule has 0 atom stereocenters. The lowest BCUT2D eigenvalue weighted by Crippen LogP contribution is -2.36. The highest BCUT2D eigenvalue weighted by atomic mass is 32.2. The number of nitrogens with zero attached hydrogens (tertiary/aromatic N) is 5. The Balaban J connectivity index is 1.39. The predicted molar refractivity (Wildman–Crippen MR) is 116 cm³/mol. The van der Waals surface area contributed by atoms with Crippen molar-refractivity contribution >= 4 is 44.9 Å². The number of aryl methyl sites for hydroxylation is 2. The smallest absolute Gasteiger partial charge is 0.233 e. The first-order valence-corrected chi connectivity index (χ1v) is 12.7. The first kappa shape index (κ1) is 18.1. The molecule has 3 aliphatic rings. The summed E-state index contributed by atoms with van der Waals surface area (Å²) in [5, 5.41) is 11.2. The summed E-state index contributed by atoms with van der Waals surface area (Å²) >= 11 is 3.39. The zero-order valence-electron chi connectivity index (χ0n) is 16.5. The third kappa shape index (κ3) is 3.15. The van der Waals surface area contributed by atoms with E-state index in [0.717, 1.165) is 53.8 Å². The quantitative estimate of drug-likeness (QED) is 0.584. The summed E-state index contributed by atoms with van der Waals surface area (Å²) in [5.74, 6) is 2.27. The number of amides is 1. The molecular weight excluding hydrogens is 402 g/mol. The number of hydrogen-bond donors (Lipinski definition) is 0. The van der Waals surface area contributed by atoms with Gasteiger partial charge in [0.05, 0.1) is 11.1 Å². The number of piperidine rings is 1. The van der Waals surface area contributed by atoms with Gasteiger partial charge in [0.1, 0.15) is 10.7 Å². The van der Waals surface area contributed by atoms with Crippen molar-refractivity contribution in [3.8, 4) is 0 Å². The Morgan fingerprint density at radius 1 is 1.07 bits per heavy atom. The van der Waals surface area contributed by atoms with Crippen molar-refractivity contribution in [2.45, 2.75) is 68.9 Å². The number of likely N-dealkylation sites (tertiary alicyclic amines) is 1. The fourth-order valence-corrected chi connectivity index (χ4v) is 6.83. The second-order valence-corrected chi connectivity index (χ2v) is 10.5. The van der Waals surface area contributed by atoms with Crippen LogP contribution in [-0.2, 0) is 17.6 Å². The van der Waals surface area contributed by atoms with Crippen molar-refractivity contribution in [2.75, 3.05) is 18.8 Å². The third-order valence-corrected chi connectivity index (χ3v) is 8.53. The number of carbonyl (C=O) groups excluding carboxylic acids is 1. The van der Waals surface area contributed by atoms with Gasteiger partial charge in [0, 0.05) is 23.9 Å². The summed E-state index contributed by atoms with van der Waals surface area (Å²) in [4.78, 5) is 22.4. The molecule has 3 aromatic heterocycles. The highest BCUT2D eigenvalue weighted by Gasteiger charge is 2.32. The van der Waals surface area contributed by atoms with Gasteiger partial charge in [0.25, 0.3) is 0 Å². The summed E-state index contributed by atoms with van der Waals surface area (Å²) in [6.07, 6.45) is 10.7. The summed E-state index contributed by atoms with van der Waals surface area (Å²) < 4.78 is 2.18. The van der Waals surface area contributed by atoms with E-state index in [1.807, 2.05) is 16.2 Å². The average molecular weight is 428 g/mol. The van der Waals surface area contributed by atoms with Gasteiger partial charge in [-0.05, 0) is 63.4 Å². The van der Waals surface area contributed by atoms with Gasteiger partial charge in [-0.3, -0.25) is 9.20 Å². The van der Waals surface area contributed by atoms with Crippen LogP contribution in [0.3, 0.4) is 0 Å². The number of aromatic nitrogens is 4. The number of thiophene rings is 1. The van der Waals surface area contributed by atoms with Crippen LogP contribution in [-0.4, -0.2) is 49.2 Å². The van der Waals surface area contributed by atoms with Crippen LogP contribution < -0.4 is 0 Å². The molecule has 8 heteroatoms. The van der Waals surface area contributed by atoms with E-state index in [1.54, 1.807) is 0 Å². The monoisotopic (exact) mass is 427 g/mol. The Kier molecular flexibility index (Phi) is 4.52. The molecule has 1 amide bonds. The lowest BCUT2D eigenvalue weighted by molar-refractivity contribution is -0.129. The maximum Gasteiger partial charge on any atom is 0.233 e. The van der Waals surface area contributed by atoms with E-state index in [9.17, 15) is 4.79 Å². The molecule has 0 bridgehead atoms. The fourth-order valence-electron chi connectivity index (χ4n) is 4.72. The molecule has 6 rings (SSSR count). The molecule has 0 unspecified atom stereocenters. The molecule has 29 heavy (non-hydrogen) atoms. The molecule has 1 aliphatic heterocycles. The molecule has 152 valence electrons. The Morgan fingerprint density at radius 2 is 1.90 bits per heavy atom. The van der Waals surface area contributed by atoms with Crippen LogP contribution in [0, 0.1) is 0 Å². The van der Waals surface area contributed by atoms with Gasteiger partial charge in [-0.2, -0.15) is 0 Å². The maximum absolute atomic E-state index is 12.7. The van der Waals surface area contributed by atoms with E-state index >= 15 is 0 Å². The molecule has 0 radical (unpaired) electrons. The second kappa shape index (κ2) is 7.23. The van der Waals surface area contributed by atoms with Gasteiger partial charge < -0.3 is 4.90 Å². The molecule has 4 heterocycles. The number of thioether (sulfide) groups is 1. The van der Waals surface area contributed by atoms with Crippen LogP contribution >= 0.6 is 23.1 Å². The minimum Gasteiger partial charge on any atom is -0.342 e. The Hall–Kier alpha value is -1.67. The highest BCUT2D eigenvalue weighted by molar-refractivity contribution is 7.99. The van der Waals surface area contributed by atoms with Crippen LogP contribution in [0.25, 0.3) is 15.9 Å². The van der Waals surface area contributed by atoms with Crippen LogP contribution in [0.15, 0.2) is 5.16 Å². The van der Waals surface area contributed by atoms with Gasteiger partial charge in [-0.1, -0.05) is 11.8 Å². The van der Waals surface area contributed by atoms with Crippen molar-refractivity contribution in [3.05, 3.63) is 16.3 Å². The molecular formula is C21H25N5OS2. The Labute approximate surface area is 178 Å². The molecule has 0 spiro atoms. The van der Waals surface area contributed by atoms with Gasteiger partial charge in [0.2, 0.25) is 5.91 Å². The van der Waals surface area contributed by atoms with Gasteiger partial charge in [0.15, 0.2) is 10.8 Å². The number of rotatable bonds is 4. The standard InChI is InChI=1S/C21H25N5OS2/c27-16(25-10-4-1-5-11-25)12-28-21-24-23-19-17-14-6-2-3-7-15(14)29-20(17)22-18(26(19)21)13-8-9-13/h13H,1-12H2. The summed E-state index contributed by atoms with van der Waals surface area (Å²) in [6, 6.07) is 0. The molecule has 6 nitrogen and oxygen atoms in total. The van der Waals surface area contributed by atoms with E-state index in [-0.39, 0.29) is 5.91 Å². The summed E-state index contributed by atoms with van der Waals surface area (Å²) in [7, 11) is 0. The van der Waals surface area contributed by atoms with Gasteiger partial charge in [-0.25, -0.2) is 4.98 Å². The van der Waals surface area contributed by atoms with Crippen molar-refractivity contribution in [2.24, 2.45) is 0 Å². The maximum atomic E-state index is 12.7. The second-order valence-electron chi connectivity index (χ2n) is 8.51. The van der Waals surface area contributed by atoms with Crippen LogP contribution in [0.2, 0.25) is 0 Å². The predicted octanol–water partition coefficient (Wildman–Crippen LogP) is 4.20. The molecule has 1 saturated carbocycles. The van der Waals surface area contributed by atoms with Crippen molar-refractivity contribution in [3.63, 3.8) is 0 Å². The van der Waals surface area contributed by atoms with E-state index in [4.69, 9.17) is 4.98 Å². The van der Waals surface area contributed by atoms with Gasteiger partial charge in [-0.15, -0.1) is 21.5 Å². The first-order chi connectivity index (χ1) is 14.3. The number of hydrogen-bond acceptors (Lipinski definition) is 6. The number of fused-ring (bicyclic) bond motifs is 5. The largest absolute Gasteiger partial charge is 0.342 e. The molecule has 0 aromatic carbocycles. The minimum absolute atomic E-state index is 0.223. The van der Waals surface area contributed by atoms with Gasteiger partial charge >= 0.3 is 0 Å². The van der Waals surface area contributed by atoms with Crippen molar-refractivity contribution in [1.29, 1.82) is 0 Å². The molecule has 0 N–H and O–H groups in total. The normalized spacial score (nSPS) is 19.8. The third-order valence-electron chi connectivity index (χ3n) is 6.43. The van der Waals surface area contributed by atoms with E-state index < -0.39 is 0 Å². The average Bonchev–Trinajstić information content (AvgIpc) is 3.42. The fraction of sp³-hybridized carbons (Fsp3) is 0.619. The summed E-state index contributed by atoms with van der Waals surface area (Å²) in [5.41, 5.74) is 2.41. The topological polar surface area (TPSA) is 63.4 Å². The molecule has 2 aliphatic carbocycles. The minimum atomic E-state index is 0.223. The van der Waals surface area contributed by atoms with Crippen LogP contribution in [0.1, 0.15) is 67.1 Å². The zero-order chi connectivity index (χ0) is 19.4. The van der Waals surface area contributed by atoms with Crippen molar-refractivity contribution < 1.29 is 4.79 Å². The lowest BCUT2D eigenvalue weighted by Gasteiger charge is -2.26.